The van der Waals surface area contributed by atoms with E-state index in [2.05, 4.69) is 88.9 Å². The molecule has 0 radical (unpaired) electrons. The molecule has 0 aliphatic carbocycles. The van der Waals surface area contributed by atoms with Crippen LogP contribution >= 0.6 is 24.2 Å². The Kier molecular flexibility index (Phi) is 10.8. The average molecular weight is 574 g/mol. The predicted molar refractivity (Wildman–Crippen MR) is 155 cm³/mol. The van der Waals surface area contributed by atoms with Gasteiger partial charge in [0.05, 0.1) is 30.2 Å². The quantitative estimate of drug-likeness (QED) is 0.173. The second-order valence-electron chi connectivity index (χ2n) is 8.63. The van der Waals surface area contributed by atoms with Crippen LogP contribution in [0.3, 0.4) is 0 Å². The van der Waals surface area contributed by atoms with E-state index in [1.165, 1.54) is 39.5 Å². The number of furan rings is 1. The van der Waals surface area contributed by atoms with Crippen LogP contribution in [-0.4, -0.2) is 66.0 Å². The van der Waals surface area contributed by atoms with Crippen LogP contribution in [0.5, 0.6) is 0 Å². The number of para-hydroxylation sites is 2. The smallest absolute Gasteiger partial charge is 0.433 e. The molecule has 0 saturated carbocycles. The van der Waals surface area contributed by atoms with Gasteiger partial charge >= 0.3 is 12.0 Å². The van der Waals surface area contributed by atoms with Crippen molar-refractivity contribution in [1.82, 2.24) is 9.91 Å². The topological polar surface area (TPSA) is 105 Å². The number of nitrogens with zero attached hydrogens (tertiary/aromatic N) is 5. The Balaban J connectivity index is 0.000000220. The highest BCUT2D eigenvalue weighted by atomic mass is 35.5. The first-order valence-corrected chi connectivity index (χ1v) is 13.3. The minimum atomic E-state index is -0.651. The number of carbonyl (C=O) groups is 1. The third kappa shape index (κ3) is 7.31. The highest BCUT2D eigenvalue weighted by Gasteiger charge is 2.25. The molecule has 5 rings (SSSR count). The van der Waals surface area contributed by atoms with Crippen molar-refractivity contribution in [2.24, 2.45) is 5.10 Å². The summed E-state index contributed by atoms with van der Waals surface area (Å²) in [4.78, 5) is 28.3. The van der Waals surface area contributed by atoms with Gasteiger partial charge in [0.15, 0.2) is 5.76 Å². The number of cyclic esters (lactones) is 1. The third-order valence-corrected chi connectivity index (χ3v) is 7.40. The summed E-state index contributed by atoms with van der Waals surface area (Å²) in [5, 5.41) is 15.2. The normalized spacial score (nSPS) is 14.7. The number of fused-ring (bicyclic) bond motifs is 2. The Morgan fingerprint density at radius 2 is 1.69 bits per heavy atom. The highest BCUT2D eigenvalue weighted by molar-refractivity contribution is 7.99. The Morgan fingerprint density at radius 3 is 2.21 bits per heavy atom. The number of anilines is 2. The number of halogens is 1. The zero-order chi connectivity index (χ0) is 27.1. The summed E-state index contributed by atoms with van der Waals surface area (Å²) in [6.07, 6.45) is 0.678. The van der Waals surface area contributed by atoms with Crippen LogP contribution in [0.2, 0.25) is 0 Å². The molecular formula is C27H32ClN5O5S. The summed E-state index contributed by atoms with van der Waals surface area (Å²) in [6.45, 7) is 10.7. The number of rotatable bonds is 8. The molecule has 3 heterocycles. The molecule has 0 bridgehead atoms. The maximum atomic E-state index is 11.0. The van der Waals surface area contributed by atoms with Crippen LogP contribution in [0.4, 0.5) is 22.1 Å². The van der Waals surface area contributed by atoms with Crippen molar-refractivity contribution in [3.63, 3.8) is 0 Å². The minimum Gasteiger partial charge on any atom is -0.446 e. The number of nitro groups is 1. The molecule has 1 saturated heterocycles. The van der Waals surface area contributed by atoms with Gasteiger partial charge in [0.1, 0.15) is 11.5 Å². The summed E-state index contributed by atoms with van der Waals surface area (Å²) >= 11 is 1.88. The molecule has 0 spiro atoms. The molecule has 2 aliphatic rings. The summed E-state index contributed by atoms with van der Waals surface area (Å²) in [6, 6.07) is 20.6. The molecule has 1 fully saturated rings. The lowest BCUT2D eigenvalue weighted by Gasteiger charge is -2.37. The molecule has 2 aromatic carbocycles. The van der Waals surface area contributed by atoms with Gasteiger partial charge in [0.2, 0.25) is 0 Å². The Morgan fingerprint density at radius 1 is 1.08 bits per heavy atom. The summed E-state index contributed by atoms with van der Waals surface area (Å²) in [5.41, 5.74) is 2.68. The van der Waals surface area contributed by atoms with E-state index in [0.717, 1.165) is 24.6 Å². The van der Waals surface area contributed by atoms with Crippen molar-refractivity contribution < 1.29 is 18.9 Å². The molecular weight excluding hydrogens is 542 g/mol. The lowest BCUT2D eigenvalue weighted by atomic mass is 10.1. The molecule has 12 heteroatoms. The number of amides is 1. The zero-order valence-corrected chi connectivity index (χ0v) is 23.7. The van der Waals surface area contributed by atoms with Gasteiger partial charge in [-0.1, -0.05) is 49.9 Å². The average Bonchev–Trinajstić information content (AvgIpc) is 3.57. The molecule has 1 atom stereocenters. The maximum absolute atomic E-state index is 11.0. The molecule has 39 heavy (non-hydrogen) atoms. The minimum absolute atomic E-state index is 0. The van der Waals surface area contributed by atoms with Crippen molar-refractivity contribution in [3.8, 4) is 0 Å². The van der Waals surface area contributed by atoms with Crippen LogP contribution in [-0.2, 0) is 4.74 Å². The van der Waals surface area contributed by atoms with E-state index in [-0.39, 0.29) is 30.7 Å². The predicted octanol–water partition coefficient (Wildman–Crippen LogP) is 6.42. The molecule has 0 N–H and O–H groups in total. The van der Waals surface area contributed by atoms with Crippen molar-refractivity contribution in [2.45, 2.75) is 36.6 Å². The second kappa shape index (κ2) is 14.0. The standard InChI is InChI=1S/C19H24N2S.C8H7N3O5.ClH/c1-4-20(5-2)15(3)14-21-16-10-6-8-12-18(16)22-19-13-9-7-11-17(19)21;12-8-10(3-4-15-8)9-5-6-1-2-7(16-6)11(13)14;/h6-13,15H,4-5,14H2,1-3H3;1-2,5H,3-4H2;1H. The fraction of sp³-hybridized carbons (Fsp3) is 0.333. The Bertz CT molecular complexity index is 1250. The number of likely N-dealkylation sites (N-methyl/N-ethyl adjacent to an activating group) is 1. The van der Waals surface area contributed by atoms with Crippen molar-refractivity contribution in [2.75, 3.05) is 37.7 Å². The fourth-order valence-corrected chi connectivity index (χ4v) is 5.43. The fourth-order valence-electron chi connectivity index (χ4n) is 4.33. The largest absolute Gasteiger partial charge is 0.446 e. The van der Waals surface area contributed by atoms with E-state index < -0.39 is 11.0 Å². The van der Waals surface area contributed by atoms with E-state index in [9.17, 15) is 14.9 Å². The van der Waals surface area contributed by atoms with Gasteiger partial charge in [-0.15, -0.1) is 12.4 Å². The lowest BCUT2D eigenvalue weighted by Crippen LogP contribution is -2.41. The third-order valence-electron chi connectivity index (χ3n) is 6.27. The molecule has 10 nitrogen and oxygen atoms in total. The van der Waals surface area contributed by atoms with Gasteiger partial charge in [0, 0.05) is 22.4 Å². The summed E-state index contributed by atoms with van der Waals surface area (Å²) < 4.78 is 9.44. The first kappa shape index (κ1) is 30.0. The SMILES string of the molecule is CCN(CC)C(C)CN1c2ccccc2Sc2ccccc21.Cl.O=C1OCCN1N=Cc1ccc([N+](=O)[O-])o1. The number of carbonyl (C=O) groups excluding carboxylic acids is 1. The van der Waals surface area contributed by atoms with Gasteiger partial charge < -0.3 is 14.1 Å². The Labute approximate surface area is 238 Å². The van der Waals surface area contributed by atoms with Gasteiger partial charge in [-0.3, -0.25) is 15.0 Å². The van der Waals surface area contributed by atoms with Gasteiger partial charge in [-0.05, 0) is 50.3 Å². The lowest BCUT2D eigenvalue weighted by molar-refractivity contribution is -0.402. The van der Waals surface area contributed by atoms with Crippen LogP contribution < -0.4 is 4.90 Å². The van der Waals surface area contributed by atoms with Crippen LogP contribution in [0.25, 0.3) is 0 Å². The van der Waals surface area contributed by atoms with Gasteiger partial charge in [-0.25, -0.2) is 4.79 Å². The summed E-state index contributed by atoms with van der Waals surface area (Å²) in [5.74, 6) is -0.170. The molecule has 208 valence electrons. The number of hydrogen-bond donors (Lipinski definition) is 0. The maximum Gasteiger partial charge on any atom is 0.433 e. The number of benzene rings is 2. The molecule has 2 aliphatic heterocycles. The van der Waals surface area contributed by atoms with E-state index in [4.69, 9.17) is 4.42 Å². The summed E-state index contributed by atoms with van der Waals surface area (Å²) in [7, 11) is 0. The first-order valence-electron chi connectivity index (χ1n) is 12.5. The molecule has 3 aromatic rings. The van der Waals surface area contributed by atoms with E-state index in [1.807, 2.05) is 11.8 Å². The number of ether oxygens (including phenoxy) is 1. The number of hydrogen-bond acceptors (Lipinski definition) is 9. The molecule has 1 amide bonds. The number of hydrazone groups is 1. The second-order valence-corrected chi connectivity index (χ2v) is 9.72. The van der Waals surface area contributed by atoms with E-state index >= 15 is 0 Å². The highest BCUT2D eigenvalue weighted by Crippen LogP contribution is 2.47. The molecule has 1 unspecified atom stereocenters. The van der Waals surface area contributed by atoms with Crippen LogP contribution in [0.1, 0.15) is 26.5 Å². The van der Waals surface area contributed by atoms with Crippen molar-refractivity contribution >= 4 is 53.7 Å². The Hall–Kier alpha value is -3.54. The first-order chi connectivity index (χ1) is 18.4. The monoisotopic (exact) mass is 573 g/mol. The molecule has 1 aromatic heterocycles. The van der Waals surface area contributed by atoms with Gasteiger partial charge in [-0.2, -0.15) is 10.1 Å². The zero-order valence-electron chi connectivity index (χ0n) is 22.1. The van der Waals surface area contributed by atoms with E-state index in [0.29, 0.717) is 12.6 Å². The van der Waals surface area contributed by atoms with Gasteiger partial charge in [0.25, 0.3) is 0 Å². The van der Waals surface area contributed by atoms with Crippen molar-refractivity contribution in [1.29, 1.82) is 0 Å². The van der Waals surface area contributed by atoms with Crippen molar-refractivity contribution in [3.05, 3.63) is 76.5 Å². The van der Waals surface area contributed by atoms with E-state index in [1.54, 1.807) is 0 Å². The van der Waals surface area contributed by atoms with Crippen LogP contribution in [0.15, 0.2) is 80.0 Å². The van der Waals surface area contributed by atoms with Crippen LogP contribution in [0, 0.1) is 10.1 Å².